The van der Waals surface area contributed by atoms with Gasteiger partial charge in [-0.15, -0.1) is 0 Å². The van der Waals surface area contributed by atoms with Gasteiger partial charge in [0, 0.05) is 11.9 Å². The van der Waals surface area contributed by atoms with Crippen LogP contribution in [0.1, 0.15) is 51.4 Å². The summed E-state index contributed by atoms with van der Waals surface area (Å²) < 4.78 is 0. The molecule has 6 heteroatoms. The second-order valence-corrected chi connectivity index (χ2v) is 4.60. The van der Waals surface area contributed by atoms with Crippen LogP contribution in [0.3, 0.4) is 0 Å². The second-order valence-electron chi connectivity index (χ2n) is 4.60. The van der Waals surface area contributed by atoms with Gasteiger partial charge in [-0.3, -0.25) is 0 Å². The molecule has 2 fully saturated rings. The number of carbonyl (C=O) groups excluding carboxylic acids is 2. The molecule has 0 unspecified atom stereocenters. The van der Waals surface area contributed by atoms with Crippen molar-refractivity contribution in [2.24, 2.45) is 11.8 Å². The van der Waals surface area contributed by atoms with Gasteiger partial charge in [0.15, 0.2) is 0 Å². The van der Waals surface area contributed by atoms with Crippen LogP contribution in [0.5, 0.6) is 0 Å². The van der Waals surface area contributed by atoms with Crippen LogP contribution in [0, 0.1) is 11.8 Å². The van der Waals surface area contributed by atoms with Gasteiger partial charge in [0.05, 0.1) is 0 Å². The number of rotatable bonds is 2. The van der Waals surface area contributed by atoms with Gasteiger partial charge in [0.1, 0.15) is 0 Å². The SMILES string of the molecule is O=C([O-])C1CCCC1.O=C([O-])C1CCCC1.[In+3].[OH-]. The van der Waals surface area contributed by atoms with Gasteiger partial charge in [0.2, 0.25) is 0 Å². The topological polar surface area (TPSA) is 110 Å². The molecule has 18 heavy (non-hydrogen) atoms. The molecule has 0 saturated heterocycles. The summed E-state index contributed by atoms with van der Waals surface area (Å²) in [6.07, 6.45) is 7.61. The van der Waals surface area contributed by atoms with E-state index in [9.17, 15) is 19.8 Å². The van der Waals surface area contributed by atoms with Gasteiger partial charge in [0.25, 0.3) is 0 Å². The zero-order valence-electron chi connectivity index (χ0n) is 10.5. The maximum absolute atomic E-state index is 10.1. The van der Waals surface area contributed by atoms with E-state index in [0.29, 0.717) is 0 Å². The van der Waals surface area contributed by atoms with Gasteiger partial charge in [-0.2, -0.15) is 0 Å². The zero-order chi connectivity index (χ0) is 12.0. The molecular weight excluding hydrogens is 339 g/mol. The van der Waals surface area contributed by atoms with Crippen LogP contribution in [0.25, 0.3) is 0 Å². The number of aliphatic carboxylic acids is 2. The third kappa shape index (κ3) is 7.26. The van der Waals surface area contributed by atoms with Crippen molar-refractivity contribution in [1.82, 2.24) is 0 Å². The Hall–Kier alpha value is -0.230. The second kappa shape index (κ2) is 10.7. The van der Waals surface area contributed by atoms with E-state index in [2.05, 4.69) is 0 Å². The molecule has 2 rings (SSSR count). The summed E-state index contributed by atoms with van der Waals surface area (Å²) in [5, 5.41) is 20.2. The van der Waals surface area contributed by atoms with Crippen LogP contribution >= 0.6 is 0 Å². The average Bonchev–Trinajstić information content (AvgIpc) is 2.93. The minimum absolute atomic E-state index is 0. The number of carboxylic acid groups (broad SMARTS) is 2. The molecule has 2 aliphatic carbocycles. The van der Waals surface area contributed by atoms with Crippen molar-refractivity contribution >= 4 is 37.8 Å². The van der Waals surface area contributed by atoms with Gasteiger partial charge >= 0.3 is 25.8 Å². The number of hydrogen-bond acceptors (Lipinski definition) is 5. The van der Waals surface area contributed by atoms with Gasteiger partial charge < -0.3 is 25.3 Å². The summed E-state index contributed by atoms with van der Waals surface area (Å²) in [5.41, 5.74) is 0. The van der Waals surface area contributed by atoms with Crippen molar-refractivity contribution in [2.75, 3.05) is 0 Å². The number of hydrogen-bond donors (Lipinski definition) is 0. The van der Waals surface area contributed by atoms with E-state index in [0.717, 1.165) is 51.4 Å². The predicted molar refractivity (Wildman–Crippen MR) is 61.6 cm³/mol. The molecule has 100 valence electrons. The Bertz CT molecular complexity index is 219. The average molecular weight is 358 g/mol. The number of carbonyl (C=O) groups is 2. The molecular formula is C12H19InO5. The Labute approximate surface area is 126 Å². The van der Waals surface area contributed by atoms with Crippen molar-refractivity contribution in [3.63, 3.8) is 0 Å². The molecule has 0 amide bonds. The van der Waals surface area contributed by atoms with Crippen LogP contribution in [-0.2, 0) is 9.59 Å². The van der Waals surface area contributed by atoms with E-state index in [1.54, 1.807) is 0 Å². The monoisotopic (exact) mass is 358 g/mol. The summed E-state index contributed by atoms with van der Waals surface area (Å²) in [5.74, 6) is -1.98. The molecule has 1 N–H and O–H groups in total. The van der Waals surface area contributed by atoms with E-state index in [1.165, 1.54) is 0 Å². The molecule has 0 bridgehead atoms. The summed E-state index contributed by atoms with van der Waals surface area (Å²) in [4.78, 5) is 20.2. The molecule has 0 spiro atoms. The maximum Gasteiger partial charge on any atom is 3.00 e. The maximum atomic E-state index is 10.1. The van der Waals surface area contributed by atoms with E-state index in [-0.39, 0.29) is 43.2 Å². The van der Waals surface area contributed by atoms with E-state index >= 15 is 0 Å². The Morgan fingerprint density at radius 1 is 0.722 bits per heavy atom. The van der Waals surface area contributed by atoms with Crippen LogP contribution in [0.15, 0.2) is 0 Å². The first kappa shape index (κ1) is 20.1. The summed E-state index contributed by atoms with van der Waals surface area (Å²) in [6, 6.07) is 0. The van der Waals surface area contributed by atoms with Gasteiger partial charge in [-0.1, -0.05) is 25.7 Å². The largest absolute Gasteiger partial charge is 3.00 e. The van der Waals surface area contributed by atoms with Crippen LogP contribution < -0.4 is 10.2 Å². The molecule has 0 aliphatic heterocycles. The smallest absolute Gasteiger partial charge is 0.870 e. The summed E-state index contributed by atoms with van der Waals surface area (Å²) in [7, 11) is 0. The Kier molecular flexibility index (Phi) is 11.9. The van der Waals surface area contributed by atoms with Crippen molar-refractivity contribution in [1.29, 1.82) is 0 Å². The fourth-order valence-corrected chi connectivity index (χ4v) is 2.32. The van der Waals surface area contributed by atoms with Gasteiger partial charge in [-0.25, -0.2) is 0 Å². The predicted octanol–water partition coefficient (Wildman–Crippen LogP) is -0.705. The minimum Gasteiger partial charge on any atom is -0.870 e. The third-order valence-electron chi connectivity index (χ3n) is 3.38. The zero-order valence-corrected chi connectivity index (χ0v) is 13.8. The van der Waals surface area contributed by atoms with E-state index in [4.69, 9.17) is 0 Å². The third-order valence-corrected chi connectivity index (χ3v) is 3.38. The minimum atomic E-state index is -0.859. The molecule has 2 aliphatic rings. The first-order valence-corrected chi connectivity index (χ1v) is 6.03. The molecule has 0 heterocycles. The molecule has 2 saturated carbocycles. The molecule has 0 aromatic heterocycles. The van der Waals surface area contributed by atoms with Crippen LogP contribution in [0.2, 0.25) is 0 Å². The standard InChI is InChI=1S/2C6H10O2.In.H2O/c2*7-6(8)5-3-1-2-4-5;;/h2*5H,1-4H2,(H,7,8);;1H2/q;;+3;/p-3. The first-order chi connectivity index (χ1) is 7.61. The van der Waals surface area contributed by atoms with Crippen molar-refractivity contribution in [2.45, 2.75) is 51.4 Å². The Morgan fingerprint density at radius 2 is 0.944 bits per heavy atom. The summed E-state index contributed by atoms with van der Waals surface area (Å²) >= 11 is 0. The fraction of sp³-hybridized carbons (Fsp3) is 0.833. The van der Waals surface area contributed by atoms with E-state index < -0.39 is 11.9 Å². The molecule has 0 radical (unpaired) electrons. The van der Waals surface area contributed by atoms with Crippen LogP contribution in [-0.4, -0.2) is 43.3 Å². The van der Waals surface area contributed by atoms with E-state index in [1.807, 2.05) is 0 Å². The summed E-state index contributed by atoms with van der Waals surface area (Å²) in [6.45, 7) is 0. The van der Waals surface area contributed by atoms with Crippen molar-refractivity contribution < 1.29 is 25.3 Å². The first-order valence-electron chi connectivity index (χ1n) is 6.03. The van der Waals surface area contributed by atoms with Crippen molar-refractivity contribution in [3.8, 4) is 0 Å². The quantitative estimate of drug-likeness (QED) is 0.648. The molecule has 0 atom stereocenters. The van der Waals surface area contributed by atoms with Crippen molar-refractivity contribution in [3.05, 3.63) is 0 Å². The van der Waals surface area contributed by atoms with Gasteiger partial charge in [-0.05, 0) is 37.5 Å². The van der Waals surface area contributed by atoms with Crippen LogP contribution in [0.4, 0.5) is 0 Å². The molecule has 0 aromatic rings. The molecule has 5 nitrogen and oxygen atoms in total. The number of carboxylic acids is 2. The Balaban J connectivity index is 0. The normalized spacial score (nSPS) is 19.1. The fourth-order valence-electron chi connectivity index (χ4n) is 2.32. The Morgan fingerprint density at radius 3 is 1.06 bits per heavy atom. The molecule has 0 aromatic carbocycles.